The number of piperazine rings is 1. The third kappa shape index (κ3) is 4.10. The van der Waals surface area contributed by atoms with Gasteiger partial charge in [0.1, 0.15) is 5.82 Å². The van der Waals surface area contributed by atoms with Gasteiger partial charge in [-0.05, 0) is 55.0 Å². The molecule has 1 aliphatic rings. The quantitative estimate of drug-likeness (QED) is 0.633. The summed E-state index contributed by atoms with van der Waals surface area (Å²) in [5.74, 6) is -0.217. The second-order valence-corrected chi connectivity index (χ2v) is 7.73. The van der Waals surface area contributed by atoms with Gasteiger partial charge in [-0.2, -0.15) is 0 Å². The summed E-state index contributed by atoms with van der Waals surface area (Å²) in [5, 5.41) is 0. The van der Waals surface area contributed by atoms with Crippen molar-refractivity contribution in [3.63, 3.8) is 0 Å². The summed E-state index contributed by atoms with van der Waals surface area (Å²) in [5.41, 5.74) is 4.08. The Balaban J connectivity index is 1.70. The summed E-state index contributed by atoms with van der Waals surface area (Å²) in [7, 11) is 0. The van der Waals surface area contributed by atoms with E-state index in [-0.39, 0.29) is 17.6 Å². The van der Waals surface area contributed by atoms with E-state index in [1.165, 1.54) is 12.1 Å². The molecule has 0 N–H and O–H groups in total. The van der Waals surface area contributed by atoms with E-state index in [1.807, 2.05) is 64.6 Å². The monoisotopic (exact) mass is 419 g/mol. The van der Waals surface area contributed by atoms with E-state index < -0.39 is 0 Å². The standard InChI is InChI=1S/C25H26FN3O2/c1-3-24(30)27-13-15-28(16-14-27)25(31)22-17-23(19-9-11-20(26)12-10-19)29(18(22)2)21-7-5-4-6-8-21/h4-12,17H,3,13-16H2,1-2H3. The first-order valence-electron chi connectivity index (χ1n) is 10.6. The van der Waals surface area contributed by atoms with E-state index >= 15 is 0 Å². The number of amides is 2. The average molecular weight is 420 g/mol. The van der Waals surface area contributed by atoms with Gasteiger partial charge < -0.3 is 14.4 Å². The number of aromatic nitrogens is 1. The Bertz CT molecular complexity index is 1080. The van der Waals surface area contributed by atoms with Gasteiger partial charge in [0.2, 0.25) is 5.91 Å². The molecule has 5 nitrogen and oxygen atoms in total. The summed E-state index contributed by atoms with van der Waals surface area (Å²) in [4.78, 5) is 29.0. The molecule has 0 saturated carbocycles. The van der Waals surface area contributed by atoms with Crippen molar-refractivity contribution in [1.82, 2.24) is 14.4 Å². The lowest BCUT2D eigenvalue weighted by atomic mass is 10.1. The molecule has 0 aliphatic carbocycles. The van der Waals surface area contributed by atoms with Gasteiger partial charge in [0.05, 0.1) is 11.3 Å². The molecule has 160 valence electrons. The van der Waals surface area contributed by atoms with Crippen LogP contribution < -0.4 is 0 Å². The van der Waals surface area contributed by atoms with Crippen LogP contribution >= 0.6 is 0 Å². The summed E-state index contributed by atoms with van der Waals surface area (Å²) in [6.45, 7) is 5.94. The number of para-hydroxylation sites is 1. The van der Waals surface area contributed by atoms with Crippen molar-refractivity contribution in [3.05, 3.63) is 77.7 Å². The molecule has 2 heterocycles. The van der Waals surface area contributed by atoms with Crippen molar-refractivity contribution in [3.8, 4) is 16.9 Å². The molecule has 3 aromatic rings. The van der Waals surface area contributed by atoms with Crippen molar-refractivity contribution >= 4 is 11.8 Å². The molecular formula is C25H26FN3O2. The Morgan fingerprint density at radius 3 is 2.13 bits per heavy atom. The first-order valence-corrected chi connectivity index (χ1v) is 10.6. The normalized spacial score (nSPS) is 14.0. The Morgan fingerprint density at radius 2 is 1.52 bits per heavy atom. The zero-order valence-corrected chi connectivity index (χ0v) is 17.8. The molecule has 31 heavy (non-hydrogen) atoms. The average Bonchev–Trinajstić information content (AvgIpc) is 3.16. The van der Waals surface area contributed by atoms with E-state index in [1.54, 1.807) is 12.1 Å². The predicted molar refractivity (Wildman–Crippen MR) is 119 cm³/mol. The molecule has 0 bridgehead atoms. The Morgan fingerprint density at radius 1 is 0.903 bits per heavy atom. The molecule has 6 heteroatoms. The minimum absolute atomic E-state index is 0.0425. The minimum atomic E-state index is -0.297. The first-order chi connectivity index (χ1) is 15.0. The van der Waals surface area contributed by atoms with E-state index in [2.05, 4.69) is 0 Å². The van der Waals surface area contributed by atoms with Crippen LogP contribution in [-0.2, 0) is 4.79 Å². The Kier molecular flexibility index (Phi) is 5.89. The van der Waals surface area contributed by atoms with Crippen molar-refractivity contribution in [2.45, 2.75) is 20.3 Å². The topological polar surface area (TPSA) is 45.6 Å². The highest BCUT2D eigenvalue weighted by Crippen LogP contribution is 2.30. The Labute approximate surface area is 181 Å². The lowest BCUT2D eigenvalue weighted by molar-refractivity contribution is -0.132. The second-order valence-electron chi connectivity index (χ2n) is 7.73. The van der Waals surface area contributed by atoms with E-state index in [9.17, 15) is 14.0 Å². The molecule has 1 aliphatic heterocycles. The van der Waals surface area contributed by atoms with Crippen LogP contribution in [0.3, 0.4) is 0 Å². The van der Waals surface area contributed by atoms with Crippen molar-refractivity contribution in [2.75, 3.05) is 26.2 Å². The number of carbonyl (C=O) groups excluding carboxylic acids is 2. The highest BCUT2D eigenvalue weighted by Gasteiger charge is 2.27. The zero-order chi connectivity index (χ0) is 22.0. The van der Waals surface area contributed by atoms with Crippen LogP contribution in [0.2, 0.25) is 0 Å². The van der Waals surface area contributed by atoms with Crippen LogP contribution in [0, 0.1) is 12.7 Å². The maximum atomic E-state index is 13.5. The van der Waals surface area contributed by atoms with Crippen LogP contribution in [0.1, 0.15) is 29.4 Å². The van der Waals surface area contributed by atoms with Crippen molar-refractivity contribution < 1.29 is 14.0 Å². The molecule has 1 saturated heterocycles. The molecule has 4 rings (SSSR count). The number of hydrogen-bond acceptors (Lipinski definition) is 2. The summed E-state index contributed by atoms with van der Waals surface area (Å²) in [6.07, 6.45) is 0.480. The maximum absolute atomic E-state index is 13.5. The van der Waals surface area contributed by atoms with Gasteiger partial charge in [-0.15, -0.1) is 0 Å². The summed E-state index contributed by atoms with van der Waals surface area (Å²) >= 11 is 0. The summed E-state index contributed by atoms with van der Waals surface area (Å²) in [6, 6.07) is 18.0. The van der Waals surface area contributed by atoms with Gasteiger partial charge in [0, 0.05) is 44.0 Å². The third-order valence-electron chi connectivity index (χ3n) is 5.85. The first kappa shape index (κ1) is 20.8. The lowest BCUT2D eigenvalue weighted by Crippen LogP contribution is -2.50. The zero-order valence-electron chi connectivity index (χ0n) is 17.8. The highest BCUT2D eigenvalue weighted by molar-refractivity contribution is 5.97. The SMILES string of the molecule is CCC(=O)N1CCN(C(=O)c2cc(-c3ccc(F)cc3)n(-c3ccccc3)c2C)CC1. The van der Waals surface area contributed by atoms with Gasteiger partial charge in [0.15, 0.2) is 0 Å². The van der Waals surface area contributed by atoms with Crippen molar-refractivity contribution in [2.24, 2.45) is 0 Å². The lowest BCUT2D eigenvalue weighted by Gasteiger charge is -2.34. The number of carbonyl (C=O) groups is 2. The van der Waals surface area contributed by atoms with E-state index in [4.69, 9.17) is 0 Å². The fourth-order valence-corrected chi connectivity index (χ4v) is 4.12. The predicted octanol–water partition coefficient (Wildman–Crippen LogP) is 4.29. The number of hydrogen-bond donors (Lipinski definition) is 0. The molecule has 2 aromatic carbocycles. The van der Waals surface area contributed by atoms with Gasteiger partial charge in [0.25, 0.3) is 5.91 Å². The molecular weight excluding hydrogens is 393 g/mol. The molecule has 0 unspecified atom stereocenters. The molecule has 0 atom stereocenters. The van der Waals surface area contributed by atoms with E-state index in [0.717, 1.165) is 22.6 Å². The van der Waals surface area contributed by atoms with Gasteiger partial charge in [-0.3, -0.25) is 9.59 Å². The van der Waals surface area contributed by atoms with Gasteiger partial charge in [-0.25, -0.2) is 4.39 Å². The molecule has 2 amide bonds. The van der Waals surface area contributed by atoms with Gasteiger partial charge in [-0.1, -0.05) is 25.1 Å². The van der Waals surface area contributed by atoms with Crippen LogP contribution in [0.5, 0.6) is 0 Å². The van der Waals surface area contributed by atoms with Crippen LogP contribution in [0.25, 0.3) is 16.9 Å². The van der Waals surface area contributed by atoms with Crippen LogP contribution in [0.4, 0.5) is 4.39 Å². The van der Waals surface area contributed by atoms with Crippen molar-refractivity contribution in [1.29, 1.82) is 0 Å². The molecule has 0 radical (unpaired) electrons. The number of rotatable bonds is 4. The molecule has 0 spiro atoms. The smallest absolute Gasteiger partial charge is 0.255 e. The Hall–Kier alpha value is -3.41. The van der Waals surface area contributed by atoms with Gasteiger partial charge >= 0.3 is 0 Å². The number of nitrogens with zero attached hydrogens (tertiary/aromatic N) is 3. The third-order valence-corrected chi connectivity index (χ3v) is 5.85. The number of benzene rings is 2. The largest absolute Gasteiger partial charge is 0.339 e. The van der Waals surface area contributed by atoms with E-state index in [0.29, 0.717) is 38.2 Å². The fourth-order valence-electron chi connectivity index (χ4n) is 4.12. The summed E-state index contributed by atoms with van der Waals surface area (Å²) < 4.78 is 15.5. The fraction of sp³-hybridized carbons (Fsp3) is 0.280. The van der Waals surface area contributed by atoms with Crippen LogP contribution in [-0.4, -0.2) is 52.4 Å². The minimum Gasteiger partial charge on any atom is -0.339 e. The number of halogens is 1. The second kappa shape index (κ2) is 8.76. The molecule has 1 fully saturated rings. The molecule has 1 aromatic heterocycles. The maximum Gasteiger partial charge on any atom is 0.255 e. The van der Waals surface area contributed by atoms with Crippen LogP contribution in [0.15, 0.2) is 60.7 Å². The highest BCUT2D eigenvalue weighted by atomic mass is 19.1.